The second kappa shape index (κ2) is 6.08. The molecule has 0 aliphatic heterocycles. The van der Waals surface area contributed by atoms with Crippen molar-refractivity contribution in [3.05, 3.63) is 72.8 Å². The number of hydrogen-bond acceptors (Lipinski definition) is 2. The molecule has 0 atom stereocenters. The molecule has 0 fully saturated rings. The minimum absolute atomic E-state index is 0.916. The molecule has 4 rings (SSSR count). The van der Waals surface area contributed by atoms with Crippen LogP contribution in [0.4, 0.5) is 0 Å². The summed E-state index contributed by atoms with van der Waals surface area (Å²) in [6.45, 7) is 0.927. The maximum Gasteiger partial charge on any atom is 0.137 e. The van der Waals surface area contributed by atoms with Crippen LogP contribution >= 0.6 is 0 Å². The highest BCUT2D eigenvalue weighted by molar-refractivity contribution is 5.92. The van der Waals surface area contributed by atoms with Gasteiger partial charge >= 0.3 is 0 Å². The van der Waals surface area contributed by atoms with Crippen molar-refractivity contribution in [1.29, 1.82) is 0 Å². The van der Waals surface area contributed by atoms with Crippen LogP contribution in [-0.4, -0.2) is 19.7 Å². The Morgan fingerprint density at radius 2 is 1.96 bits per heavy atom. The van der Waals surface area contributed by atoms with Gasteiger partial charge in [-0.05, 0) is 36.1 Å². The molecule has 4 nitrogen and oxygen atoms in total. The smallest absolute Gasteiger partial charge is 0.137 e. The minimum atomic E-state index is 0.916. The number of aromatic amines is 1. The van der Waals surface area contributed by atoms with Gasteiger partial charge in [0.15, 0.2) is 0 Å². The second-order valence-corrected chi connectivity index (χ2v) is 5.68. The number of aromatic nitrogens is 4. The quantitative estimate of drug-likeness (QED) is 0.604. The van der Waals surface area contributed by atoms with Crippen LogP contribution in [0.5, 0.6) is 0 Å². The lowest BCUT2D eigenvalue weighted by Gasteiger charge is -2.02. The third kappa shape index (κ3) is 2.88. The third-order valence-corrected chi connectivity index (χ3v) is 4.10. The summed E-state index contributed by atoms with van der Waals surface area (Å²) in [6, 6.07) is 14.7. The molecule has 0 aliphatic carbocycles. The monoisotopic (exact) mass is 302 g/mol. The van der Waals surface area contributed by atoms with Crippen molar-refractivity contribution in [2.24, 2.45) is 0 Å². The molecule has 3 aromatic heterocycles. The highest BCUT2D eigenvalue weighted by atomic mass is 15.3. The molecule has 23 heavy (non-hydrogen) atoms. The average molecular weight is 302 g/mol. The molecular formula is C19H18N4. The largest absolute Gasteiger partial charge is 0.346 e. The molecule has 3 heterocycles. The van der Waals surface area contributed by atoms with Crippen molar-refractivity contribution < 1.29 is 0 Å². The van der Waals surface area contributed by atoms with E-state index in [1.165, 1.54) is 11.1 Å². The molecule has 0 saturated carbocycles. The summed E-state index contributed by atoms with van der Waals surface area (Å²) < 4.78 is 2.02. The number of hydrogen-bond donors (Lipinski definition) is 1. The Kier molecular flexibility index (Phi) is 3.64. The molecule has 1 aromatic carbocycles. The Balaban J connectivity index is 1.48. The number of H-pyrrole nitrogens is 1. The first kappa shape index (κ1) is 13.8. The fraction of sp³-hybridized carbons (Fsp3) is 0.158. The SMILES string of the molecule is c1ccc(CCCn2cc(-c3ccnc4[nH]ccc34)cn2)cc1. The van der Waals surface area contributed by atoms with Crippen LogP contribution < -0.4 is 0 Å². The second-order valence-electron chi connectivity index (χ2n) is 5.68. The van der Waals surface area contributed by atoms with Gasteiger partial charge < -0.3 is 4.98 Å². The Morgan fingerprint density at radius 1 is 1.04 bits per heavy atom. The van der Waals surface area contributed by atoms with E-state index >= 15 is 0 Å². The van der Waals surface area contributed by atoms with Gasteiger partial charge in [-0.25, -0.2) is 4.98 Å². The first-order valence-corrected chi connectivity index (χ1v) is 7.89. The van der Waals surface area contributed by atoms with Gasteiger partial charge in [0.05, 0.1) is 6.20 Å². The van der Waals surface area contributed by atoms with Crippen LogP contribution in [0.25, 0.3) is 22.2 Å². The first-order valence-electron chi connectivity index (χ1n) is 7.89. The molecule has 0 aliphatic rings. The van der Waals surface area contributed by atoms with E-state index < -0.39 is 0 Å². The zero-order valence-electron chi connectivity index (χ0n) is 12.8. The van der Waals surface area contributed by atoms with Gasteiger partial charge in [-0.2, -0.15) is 5.10 Å². The number of nitrogens with zero attached hydrogens (tertiary/aromatic N) is 3. The number of rotatable bonds is 5. The van der Waals surface area contributed by atoms with Crippen LogP contribution in [0, 0.1) is 0 Å². The number of pyridine rings is 1. The van der Waals surface area contributed by atoms with Crippen LogP contribution in [0.1, 0.15) is 12.0 Å². The van der Waals surface area contributed by atoms with Crippen molar-refractivity contribution >= 4 is 11.0 Å². The molecular weight excluding hydrogens is 284 g/mol. The van der Waals surface area contributed by atoms with Crippen LogP contribution in [-0.2, 0) is 13.0 Å². The summed E-state index contributed by atoms with van der Waals surface area (Å²) in [7, 11) is 0. The van der Waals surface area contributed by atoms with E-state index in [0.717, 1.165) is 36.0 Å². The molecule has 0 bridgehead atoms. The maximum atomic E-state index is 4.50. The molecule has 114 valence electrons. The summed E-state index contributed by atoms with van der Waals surface area (Å²) in [4.78, 5) is 7.49. The van der Waals surface area contributed by atoms with Crippen molar-refractivity contribution in [3.8, 4) is 11.1 Å². The molecule has 4 aromatic rings. The number of fused-ring (bicyclic) bond motifs is 1. The number of nitrogens with one attached hydrogen (secondary N) is 1. The predicted octanol–water partition coefficient (Wildman–Crippen LogP) is 4.06. The standard InChI is InChI=1S/C19H18N4/c1-2-5-15(6-3-1)7-4-12-23-14-16(13-22-23)17-8-10-20-19-18(17)9-11-21-19/h1-3,5-6,8-11,13-14H,4,7,12H2,(H,20,21). The van der Waals surface area contributed by atoms with Gasteiger partial charge in [-0.15, -0.1) is 0 Å². The molecule has 0 unspecified atom stereocenters. The van der Waals surface area contributed by atoms with E-state index in [1.807, 2.05) is 29.3 Å². The fourth-order valence-corrected chi connectivity index (χ4v) is 2.93. The predicted molar refractivity (Wildman–Crippen MR) is 92.1 cm³/mol. The van der Waals surface area contributed by atoms with Crippen LogP contribution in [0.2, 0.25) is 0 Å². The average Bonchev–Trinajstić information content (AvgIpc) is 3.24. The Bertz CT molecular complexity index is 905. The molecule has 1 N–H and O–H groups in total. The summed E-state index contributed by atoms with van der Waals surface area (Å²) in [6.07, 6.45) is 9.97. The van der Waals surface area contributed by atoms with E-state index in [1.54, 1.807) is 0 Å². The normalized spacial score (nSPS) is 11.1. The molecule has 4 heteroatoms. The van der Waals surface area contributed by atoms with Gasteiger partial charge in [0.2, 0.25) is 0 Å². The Morgan fingerprint density at radius 3 is 2.87 bits per heavy atom. The van der Waals surface area contributed by atoms with E-state index in [4.69, 9.17) is 0 Å². The van der Waals surface area contributed by atoms with Gasteiger partial charge in [-0.3, -0.25) is 4.68 Å². The highest BCUT2D eigenvalue weighted by Gasteiger charge is 2.07. The van der Waals surface area contributed by atoms with E-state index in [2.05, 4.69) is 57.7 Å². The third-order valence-electron chi connectivity index (χ3n) is 4.10. The summed E-state index contributed by atoms with van der Waals surface area (Å²) >= 11 is 0. The molecule has 0 radical (unpaired) electrons. The van der Waals surface area contributed by atoms with Gasteiger partial charge in [0.25, 0.3) is 0 Å². The van der Waals surface area contributed by atoms with Crippen molar-refractivity contribution in [3.63, 3.8) is 0 Å². The highest BCUT2D eigenvalue weighted by Crippen LogP contribution is 2.26. The van der Waals surface area contributed by atoms with Crippen LogP contribution in [0.3, 0.4) is 0 Å². The van der Waals surface area contributed by atoms with E-state index in [9.17, 15) is 0 Å². The first-order chi connectivity index (χ1) is 11.4. The maximum absolute atomic E-state index is 4.50. The van der Waals surface area contributed by atoms with Gasteiger partial charge in [0.1, 0.15) is 5.65 Å². The zero-order valence-corrected chi connectivity index (χ0v) is 12.8. The summed E-state index contributed by atoms with van der Waals surface area (Å²) in [5.41, 5.74) is 4.60. The fourth-order valence-electron chi connectivity index (χ4n) is 2.93. The Hall–Kier alpha value is -2.88. The number of benzene rings is 1. The minimum Gasteiger partial charge on any atom is -0.346 e. The van der Waals surface area contributed by atoms with Gasteiger partial charge in [-0.1, -0.05) is 30.3 Å². The summed E-state index contributed by atoms with van der Waals surface area (Å²) in [5.74, 6) is 0. The van der Waals surface area contributed by atoms with Crippen molar-refractivity contribution in [2.45, 2.75) is 19.4 Å². The van der Waals surface area contributed by atoms with E-state index in [0.29, 0.717) is 0 Å². The van der Waals surface area contributed by atoms with Crippen LogP contribution in [0.15, 0.2) is 67.3 Å². The van der Waals surface area contributed by atoms with Crippen molar-refractivity contribution in [2.75, 3.05) is 0 Å². The molecule has 0 amide bonds. The lowest BCUT2D eigenvalue weighted by Crippen LogP contribution is -1.99. The molecule has 0 spiro atoms. The lowest BCUT2D eigenvalue weighted by atomic mass is 10.1. The van der Waals surface area contributed by atoms with Gasteiger partial charge in [0, 0.05) is 36.1 Å². The lowest BCUT2D eigenvalue weighted by molar-refractivity contribution is 0.579. The topological polar surface area (TPSA) is 46.5 Å². The summed E-state index contributed by atoms with van der Waals surface area (Å²) in [5, 5.41) is 5.64. The molecule has 0 saturated heterocycles. The zero-order chi connectivity index (χ0) is 15.5. The van der Waals surface area contributed by atoms with E-state index in [-0.39, 0.29) is 0 Å². The number of aryl methyl sites for hydroxylation is 2. The van der Waals surface area contributed by atoms with Crippen molar-refractivity contribution in [1.82, 2.24) is 19.7 Å². The Labute approximate surface area is 134 Å².